The van der Waals surface area contributed by atoms with Crippen molar-refractivity contribution in [3.8, 4) is 0 Å². The molecule has 0 spiro atoms. The molecule has 0 atom stereocenters. The van der Waals surface area contributed by atoms with Crippen molar-refractivity contribution in [1.29, 1.82) is 0 Å². The van der Waals surface area contributed by atoms with Crippen molar-refractivity contribution < 1.29 is 9.72 Å². The molecular formula is C13H17N3O3. The summed E-state index contributed by atoms with van der Waals surface area (Å²) in [7, 11) is 0. The molecule has 0 radical (unpaired) electrons. The molecule has 6 nitrogen and oxygen atoms in total. The molecule has 0 aromatic heterocycles. The van der Waals surface area contributed by atoms with Crippen LogP contribution in [0.5, 0.6) is 0 Å². The summed E-state index contributed by atoms with van der Waals surface area (Å²) in [5.41, 5.74) is 3.11. The Morgan fingerprint density at radius 3 is 2.53 bits per heavy atom. The summed E-state index contributed by atoms with van der Waals surface area (Å²) in [6, 6.07) is 5.52. The first-order valence-electron chi connectivity index (χ1n) is 5.81. The van der Waals surface area contributed by atoms with Gasteiger partial charge in [0.2, 0.25) is 0 Å². The van der Waals surface area contributed by atoms with Crippen LogP contribution in [0.1, 0.15) is 38.1 Å². The smallest absolute Gasteiger partial charge is 0.267 e. The number of hydrogen-bond donors (Lipinski definition) is 1. The SMILES string of the molecule is C/C(=N/NC(=O)c1cccc([N+](=O)[O-])c1)C(C)(C)C. The van der Waals surface area contributed by atoms with Gasteiger partial charge in [0, 0.05) is 28.8 Å². The van der Waals surface area contributed by atoms with E-state index in [4.69, 9.17) is 0 Å². The quantitative estimate of drug-likeness (QED) is 0.517. The molecule has 0 aliphatic rings. The van der Waals surface area contributed by atoms with Crippen LogP contribution in [0.4, 0.5) is 5.69 Å². The lowest BCUT2D eigenvalue weighted by Crippen LogP contribution is -2.24. The third-order valence-corrected chi connectivity index (χ3v) is 2.73. The summed E-state index contributed by atoms with van der Waals surface area (Å²) < 4.78 is 0. The highest BCUT2D eigenvalue weighted by Crippen LogP contribution is 2.15. The molecule has 1 amide bonds. The van der Waals surface area contributed by atoms with Crippen LogP contribution >= 0.6 is 0 Å². The molecule has 1 aromatic rings. The number of hydrogen-bond acceptors (Lipinski definition) is 4. The van der Waals surface area contributed by atoms with E-state index in [1.807, 2.05) is 27.7 Å². The lowest BCUT2D eigenvalue weighted by molar-refractivity contribution is -0.384. The molecular weight excluding hydrogens is 246 g/mol. The van der Waals surface area contributed by atoms with E-state index in [-0.39, 0.29) is 16.7 Å². The second-order valence-corrected chi connectivity index (χ2v) is 5.20. The largest absolute Gasteiger partial charge is 0.271 e. The summed E-state index contributed by atoms with van der Waals surface area (Å²) in [6.07, 6.45) is 0. The molecule has 6 heteroatoms. The Morgan fingerprint density at radius 2 is 2.00 bits per heavy atom. The third-order valence-electron chi connectivity index (χ3n) is 2.73. The molecule has 19 heavy (non-hydrogen) atoms. The van der Waals surface area contributed by atoms with Crippen LogP contribution in [0, 0.1) is 15.5 Å². The minimum atomic E-state index is -0.541. The van der Waals surface area contributed by atoms with Crippen molar-refractivity contribution in [3.05, 3.63) is 39.9 Å². The summed E-state index contributed by atoms with van der Waals surface area (Å²) >= 11 is 0. The van der Waals surface area contributed by atoms with E-state index in [2.05, 4.69) is 10.5 Å². The molecule has 0 aliphatic heterocycles. The summed E-state index contributed by atoms with van der Waals surface area (Å²) in [4.78, 5) is 21.9. The molecule has 0 fully saturated rings. The van der Waals surface area contributed by atoms with E-state index in [1.54, 1.807) is 0 Å². The number of nitrogens with zero attached hydrogens (tertiary/aromatic N) is 2. The Bertz CT molecular complexity index is 530. The molecule has 102 valence electrons. The Labute approximate surface area is 111 Å². The van der Waals surface area contributed by atoms with Crippen LogP contribution < -0.4 is 5.43 Å². The maximum atomic E-state index is 11.8. The van der Waals surface area contributed by atoms with Gasteiger partial charge in [0.05, 0.1) is 4.92 Å². The minimum absolute atomic E-state index is 0.121. The third kappa shape index (κ3) is 4.17. The van der Waals surface area contributed by atoms with Gasteiger partial charge in [-0.1, -0.05) is 26.8 Å². The topological polar surface area (TPSA) is 84.6 Å². The Kier molecular flexibility index (Phi) is 4.37. The predicted molar refractivity (Wildman–Crippen MR) is 73.1 cm³/mol. The maximum Gasteiger partial charge on any atom is 0.271 e. The van der Waals surface area contributed by atoms with Crippen LogP contribution in [0.3, 0.4) is 0 Å². The fourth-order valence-corrected chi connectivity index (χ4v) is 1.13. The van der Waals surface area contributed by atoms with Gasteiger partial charge in [0.25, 0.3) is 11.6 Å². The van der Waals surface area contributed by atoms with E-state index in [9.17, 15) is 14.9 Å². The number of nitro benzene ring substituents is 1. The van der Waals surface area contributed by atoms with E-state index >= 15 is 0 Å². The van der Waals surface area contributed by atoms with Crippen molar-refractivity contribution in [2.45, 2.75) is 27.7 Å². The maximum absolute atomic E-state index is 11.8. The van der Waals surface area contributed by atoms with E-state index < -0.39 is 10.8 Å². The van der Waals surface area contributed by atoms with Crippen LogP contribution in [0.25, 0.3) is 0 Å². The molecule has 0 saturated heterocycles. The van der Waals surface area contributed by atoms with Crippen LogP contribution in [-0.2, 0) is 0 Å². The standard InChI is InChI=1S/C13H17N3O3/c1-9(13(2,3)4)14-15-12(17)10-6-5-7-11(8-10)16(18)19/h5-8H,1-4H3,(H,15,17)/b14-9-. The fourth-order valence-electron chi connectivity index (χ4n) is 1.13. The van der Waals surface area contributed by atoms with E-state index in [1.165, 1.54) is 24.3 Å². The molecule has 0 bridgehead atoms. The van der Waals surface area contributed by atoms with Crippen molar-refractivity contribution in [3.63, 3.8) is 0 Å². The van der Waals surface area contributed by atoms with Gasteiger partial charge >= 0.3 is 0 Å². The lowest BCUT2D eigenvalue weighted by atomic mass is 9.91. The van der Waals surface area contributed by atoms with Gasteiger partial charge < -0.3 is 0 Å². The van der Waals surface area contributed by atoms with Crippen molar-refractivity contribution >= 4 is 17.3 Å². The Morgan fingerprint density at radius 1 is 1.37 bits per heavy atom. The zero-order valence-corrected chi connectivity index (χ0v) is 11.4. The zero-order chi connectivity index (χ0) is 14.6. The van der Waals surface area contributed by atoms with Crippen LogP contribution in [0.15, 0.2) is 29.4 Å². The number of rotatable bonds is 3. The number of nitrogens with one attached hydrogen (secondary N) is 1. The highest BCUT2D eigenvalue weighted by atomic mass is 16.6. The molecule has 1 N–H and O–H groups in total. The molecule has 0 heterocycles. The van der Waals surface area contributed by atoms with Crippen LogP contribution in [-0.4, -0.2) is 16.5 Å². The van der Waals surface area contributed by atoms with E-state index in [0.717, 1.165) is 5.71 Å². The number of non-ortho nitro benzene ring substituents is 1. The average molecular weight is 263 g/mol. The van der Waals surface area contributed by atoms with Gasteiger partial charge in [0.1, 0.15) is 0 Å². The number of benzene rings is 1. The van der Waals surface area contributed by atoms with Crippen molar-refractivity contribution in [2.24, 2.45) is 10.5 Å². The highest BCUT2D eigenvalue weighted by Gasteiger charge is 2.15. The fraction of sp³-hybridized carbons (Fsp3) is 0.385. The van der Waals surface area contributed by atoms with Gasteiger partial charge in [-0.05, 0) is 13.0 Å². The summed E-state index contributed by atoms with van der Waals surface area (Å²) in [6.45, 7) is 7.75. The van der Waals surface area contributed by atoms with Gasteiger partial charge in [-0.2, -0.15) is 5.10 Å². The predicted octanol–water partition coefficient (Wildman–Crippen LogP) is 2.75. The number of amides is 1. The Balaban J connectivity index is 2.85. The highest BCUT2D eigenvalue weighted by molar-refractivity contribution is 5.96. The number of carbonyl (C=O) groups is 1. The van der Waals surface area contributed by atoms with E-state index in [0.29, 0.717) is 0 Å². The number of carbonyl (C=O) groups excluding carboxylic acids is 1. The van der Waals surface area contributed by atoms with Crippen LogP contribution in [0.2, 0.25) is 0 Å². The second kappa shape index (κ2) is 5.60. The summed E-state index contributed by atoms with van der Waals surface area (Å²) in [5, 5.41) is 14.6. The second-order valence-electron chi connectivity index (χ2n) is 5.20. The number of hydrazone groups is 1. The zero-order valence-electron chi connectivity index (χ0n) is 11.4. The normalized spacial score (nSPS) is 12.1. The van der Waals surface area contributed by atoms with Gasteiger partial charge in [-0.25, -0.2) is 5.43 Å². The van der Waals surface area contributed by atoms with Gasteiger partial charge in [-0.15, -0.1) is 0 Å². The first kappa shape index (κ1) is 14.8. The monoisotopic (exact) mass is 263 g/mol. The first-order chi connectivity index (χ1) is 8.71. The average Bonchev–Trinajstić information content (AvgIpc) is 2.34. The molecule has 1 aromatic carbocycles. The van der Waals surface area contributed by atoms with Crippen molar-refractivity contribution in [2.75, 3.05) is 0 Å². The Hall–Kier alpha value is -2.24. The molecule has 0 aliphatic carbocycles. The number of nitro groups is 1. The van der Waals surface area contributed by atoms with Gasteiger partial charge in [0.15, 0.2) is 0 Å². The lowest BCUT2D eigenvalue weighted by Gasteiger charge is -2.17. The van der Waals surface area contributed by atoms with Crippen molar-refractivity contribution in [1.82, 2.24) is 5.43 Å². The molecule has 0 unspecified atom stereocenters. The molecule has 1 rings (SSSR count). The molecule has 0 saturated carbocycles. The van der Waals surface area contributed by atoms with Gasteiger partial charge in [-0.3, -0.25) is 14.9 Å². The first-order valence-corrected chi connectivity index (χ1v) is 5.81. The summed E-state index contributed by atoms with van der Waals surface area (Å²) in [5.74, 6) is -0.465. The minimum Gasteiger partial charge on any atom is -0.267 e.